The molecule has 2 rings (SSSR count). The quantitative estimate of drug-likeness (QED) is 0.814. The van der Waals surface area contributed by atoms with E-state index in [1.807, 2.05) is 0 Å². The predicted molar refractivity (Wildman–Crippen MR) is 70.3 cm³/mol. The highest BCUT2D eigenvalue weighted by Gasteiger charge is 2.22. The van der Waals surface area contributed by atoms with Crippen molar-refractivity contribution in [2.75, 3.05) is 26.8 Å². The summed E-state index contributed by atoms with van der Waals surface area (Å²) in [6.45, 7) is 2.12. The zero-order valence-corrected chi connectivity index (χ0v) is 11.0. The van der Waals surface area contributed by atoms with E-state index in [1.54, 1.807) is 18.0 Å². The van der Waals surface area contributed by atoms with E-state index in [0.29, 0.717) is 12.5 Å². The molecule has 5 heteroatoms. The zero-order valence-electron chi connectivity index (χ0n) is 11.0. The third-order valence-electron chi connectivity index (χ3n) is 3.46. The van der Waals surface area contributed by atoms with Gasteiger partial charge in [0.15, 0.2) is 11.5 Å². The Labute approximate surface area is 112 Å². The maximum absolute atomic E-state index is 12.2. The minimum atomic E-state index is -0.355. The van der Waals surface area contributed by atoms with Gasteiger partial charge in [0.25, 0.3) is 5.91 Å². The Hall–Kier alpha value is -1.75. The molecule has 1 fully saturated rings. The number of para-hydroxylation sites is 1. The summed E-state index contributed by atoms with van der Waals surface area (Å²) in [5.74, 6) is -0.473. The molecule has 19 heavy (non-hydrogen) atoms. The van der Waals surface area contributed by atoms with Gasteiger partial charge in [0, 0.05) is 26.8 Å². The Morgan fingerprint density at radius 2 is 2.05 bits per heavy atom. The number of ether oxygens (including phenoxy) is 1. The van der Waals surface area contributed by atoms with Crippen LogP contribution in [0, 0.1) is 5.92 Å². The lowest BCUT2D eigenvalue weighted by Crippen LogP contribution is -2.34. The Morgan fingerprint density at radius 3 is 2.74 bits per heavy atom. The molecule has 5 nitrogen and oxygen atoms in total. The summed E-state index contributed by atoms with van der Waals surface area (Å²) in [5.41, 5.74) is 0.134. The van der Waals surface area contributed by atoms with E-state index in [-0.39, 0.29) is 23.0 Å². The highest BCUT2D eigenvalue weighted by molar-refractivity contribution is 5.97. The van der Waals surface area contributed by atoms with Crippen LogP contribution in [0.4, 0.5) is 0 Å². The van der Waals surface area contributed by atoms with E-state index >= 15 is 0 Å². The molecular formula is C14H19NO4. The van der Waals surface area contributed by atoms with Crippen molar-refractivity contribution < 1.29 is 19.7 Å². The first-order valence-electron chi connectivity index (χ1n) is 6.43. The van der Waals surface area contributed by atoms with Gasteiger partial charge >= 0.3 is 0 Å². The lowest BCUT2D eigenvalue weighted by atomic mass is 9.99. The van der Waals surface area contributed by atoms with Crippen molar-refractivity contribution in [3.63, 3.8) is 0 Å². The van der Waals surface area contributed by atoms with Gasteiger partial charge in [0.1, 0.15) is 0 Å². The van der Waals surface area contributed by atoms with Crippen molar-refractivity contribution in [1.29, 1.82) is 0 Å². The van der Waals surface area contributed by atoms with Crippen molar-refractivity contribution in [3.8, 4) is 11.5 Å². The van der Waals surface area contributed by atoms with Gasteiger partial charge in [-0.05, 0) is 30.9 Å². The first kappa shape index (κ1) is 13.7. The number of hydrogen-bond acceptors (Lipinski definition) is 4. The van der Waals surface area contributed by atoms with Gasteiger partial charge in [0.05, 0.1) is 5.56 Å². The molecule has 1 aliphatic heterocycles. The van der Waals surface area contributed by atoms with Crippen molar-refractivity contribution in [3.05, 3.63) is 23.8 Å². The molecule has 0 spiro atoms. The largest absolute Gasteiger partial charge is 0.504 e. The molecule has 1 amide bonds. The maximum atomic E-state index is 12.2. The summed E-state index contributed by atoms with van der Waals surface area (Å²) in [6.07, 6.45) is 1.90. The third-order valence-corrected chi connectivity index (χ3v) is 3.46. The second-order valence-corrected chi connectivity index (χ2v) is 4.91. The Kier molecular flexibility index (Phi) is 4.27. The lowest BCUT2D eigenvalue weighted by Gasteiger charge is -2.27. The SMILES string of the molecule is CN(CC1CCOCC1)C(=O)c1cccc(O)c1O. The summed E-state index contributed by atoms with van der Waals surface area (Å²) in [5, 5.41) is 19.1. The zero-order chi connectivity index (χ0) is 13.8. The van der Waals surface area contributed by atoms with E-state index < -0.39 is 0 Å². The first-order valence-corrected chi connectivity index (χ1v) is 6.43. The van der Waals surface area contributed by atoms with Crippen molar-refractivity contribution in [2.24, 2.45) is 5.92 Å². The van der Waals surface area contributed by atoms with E-state index in [1.165, 1.54) is 12.1 Å². The summed E-state index contributed by atoms with van der Waals surface area (Å²) in [6, 6.07) is 4.41. The number of phenolic OH excluding ortho intramolecular Hbond substituents is 2. The summed E-state index contributed by atoms with van der Waals surface area (Å²) in [4.78, 5) is 13.8. The summed E-state index contributed by atoms with van der Waals surface area (Å²) >= 11 is 0. The lowest BCUT2D eigenvalue weighted by molar-refractivity contribution is 0.0496. The summed E-state index contributed by atoms with van der Waals surface area (Å²) in [7, 11) is 1.71. The molecule has 104 valence electrons. The molecule has 0 saturated carbocycles. The molecule has 2 N–H and O–H groups in total. The molecule has 1 aromatic rings. The standard InChI is InChI=1S/C14H19NO4/c1-15(9-10-5-7-19-8-6-10)14(18)11-3-2-4-12(16)13(11)17/h2-4,10,16-17H,5-9H2,1H3. The molecule has 1 aliphatic rings. The van der Waals surface area contributed by atoms with E-state index in [0.717, 1.165) is 26.1 Å². The van der Waals surface area contributed by atoms with Crippen LogP contribution in [0.2, 0.25) is 0 Å². The van der Waals surface area contributed by atoms with Crippen LogP contribution in [0.3, 0.4) is 0 Å². The fourth-order valence-corrected chi connectivity index (χ4v) is 2.31. The van der Waals surface area contributed by atoms with Crippen LogP contribution in [0.25, 0.3) is 0 Å². The topological polar surface area (TPSA) is 70.0 Å². The molecule has 1 heterocycles. The number of aromatic hydroxyl groups is 2. The van der Waals surface area contributed by atoms with E-state index in [2.05, 4.69) is 0 Å². The van der Waals surface area contributed by atoms with Crippen molar-refractivity contribution in [1.82, 2.24) is 4.90 Å². The molecule has 0 aliphatic carbocycles. The van der Waals surface area contributed by atoms with Crippen LogP contribution < -0.4 is 0 Å². The summed E-state index contributed by atoms with van der Waals surface area (Å²) < 4.78 is 5.28. The average molecular weight is 265 g/mol. The van der Waals surface area contributed by atoms with Crippen LogP contribution in [-0.4, -0.2) is 47.8 Å². The number of benzene rings is 1. The number of phenols is 2. The first-order chi connectivity index (χ1) is 9.09. The molecule has 0 aromatic heterocycles. The maximum Gasteiger partial charge on any atom is 0.257 e. The van der Waals surface area contributed by atoms with Crippen LogP contribution in [0.15, 0.2) is 18.2 Å². The molecular weight excluding hydrogens is 246 g/mol. The minimum Gasteiger partial charge on any atom is -0.504 e. The molecule has 0 bridgehead atoms. The van der Waals surface area contributed by atoms with Gasteiger partial charge in [0.2, 0.25) is 0 Å². The fraction of sp³-hybridized carbons (Fsp3) is 0.500. The predicted octanol–water partition coefficient (Wildman–Crippen LogP) is 1.60. The third kappa shape index (κ3) is 3.17. The van der Waals surface area contributed by atoms with Gasteiger partial charge in [-0.1, -0.05) is 6.07 Å². The number of amides is 1. The Bertz CT molecular complexity index is 455. The van der Waals surface area contributed by atoms with Crippen molar-refractivity contribution in [2.45, 2.75) is 12.8 Å². The number of carbonyl (C=O) groups excluding carboxylic acids is 1. The minimum absolute atomic E-state index is 0.134. The van der Waals surface area contributed by atoms with Gasteiger partial charge in [-0.25, -0.2) is 0 Å². The Balaban J connectivity index is 2.03. The smallest absolute Gasteiger partial charge is 0.257 e. The molecule has 0 unspecified atom stereocenters. The van der Waals surface area contributed by atoms with E-state index in [4.69, 9.17) is 4.74 Å². The number of carbonyl (C=O) groups is 1. The molecule has 1 aromatic carbocycles. The normalized spacial score (nSPS) is 16.3. The number of nitrogens with zero attached hydrogens (tertiary/aromatic N) is 1. The number of hydrogen-bond donors (Lipinski definition) is 2. The molecule has 0 atom stereocenters. The van der Waals surface area contributed by atoms with Gasteiger partial charge in [-0.2, -0.15) is 0 Å². The van der Waals surface area contributed by atoms with Crippen LogP contribution >= 0.6 is 0 Å². The van der Waals surface area contributed by atoms with E-state index in [9.17, 15) is 15.0 Å². The second-order valence-electron chi connectivity index (χ2n) is 4.91. The highest BCUT2D eigenvalue weighted by atomic mass is 16.5. The number of rotatable bonds is 3. The van der Waals surface area contributed by atoms with Crippen LogP contribution in [-0.2, 0) is 4.74 Å². The average Bonchev–Trinajstić information content (AvgIpc) is 2.42. The molecule has 0 radical (unpaired) electrons. The fourth-order valence-electron chi connectivity index (χ4n) is 2.31. The van der Waals surface area contributed by atoms with Gasteiger partial charge in [-0.15, -0.1) is 0 Å². The monoisotopic (exact) mass is 265 g/mol. The van der Waals surface area contributed by atoms with Crippen molar-refractivity contribution >= 4 is 5.91 Å². The van der Waals surface area contributed by atoms with Crippen LogP contribution in [0.5, 0.6) is 11.5 Å². The Morgan fingerprint density at radius 1 is 1.37 bits per heavy atom. The van der Waals surface area contributed by atoms with Gasteiger partial charge < -0.3 is 19.8 Å². The van der Waals surface area contributed by atoms with Gasteiger partial charge in [-0.3, -0.25) is 4.79 Å². The molecule has 1 saturated heterocycles. The highest BCUT2D eigenvalue weighted by Crippen LogP contribution is 2.29. The second kappa shape index (κ2) is 5.93. The van der Waals surface area contributed by atoms with Crippen LogP contribution in [0.1, 0.15) is 23.2 Å².